The molecule has 0 aliphatic heterocycles. The molecule has 102 valence electrons. The molecule has 18 heavy (non-hydrogen) atoms. The Hall–Kier alpha value is -1.43. The summed E-state index contributed by atoms with van der Waals surface area (Å²) in [6.07, 6.45) is -6.94. The molecular weight excluding hydrogens is 247 g/mol. The second-order valence-electron chi connectivity index (χ2n) is 4.13. The van der Waals surface area contributed by atoms with E-state index in [-0.39, 0.29) is 6.10 Å². The molecule has 0 spiro atoms. The summed E-state index contributed by atoms with van der Waals surface area (Å²) in [5.41, 5.74) is 0.495. The standard InChI is InChI=1S/C12H16F3NO2/c1-8(2)18-10-5-3-9(4-6-10)16-7-11(17)12(13,14)15/h3-6,8,11,16-17H,7H2,1-2H3. The van der Waals surface area contributed by atoms with E-state index >= 15 is 0 Å². The van der Waals surface area contributed by atoms with Crippen LogP contribution < -0.4 is 10.1 Å². The predicted octanol–water partition coefficient (Wildman–Crippen LogP) is 2.81. The van der Waals surface area contributed by atoms with E-state index in [0.29, 0.717) is 11.4 Å². The van der Waals surface area contributed by atoms with E-state index in [0.717, 1.165) is 0 Å². The summed E-state index contributed by atoms with van der Waals surface area (Å²) in [5, 5.41) is 11.3. The van der Waals surface area contributed by atoms with Gasteiger partial charge < -0.3 is 15.2 Å². The first kappa shape index (κ1) is 14.6. The summed E-state index contributed by atoms with van der Waals surface area (Å²) in [6, 6.07) is 6.51. The Morgan fingerprint density at radius 2 is 1.78 bits per heavy atom. The number of rotatable bonds is 5. The smallest absolute Gasteiger partial charge is 0.416 e. The molecule has 1 rings (SSSR count). The van der Waals surface area contributed by atoms with Crippen molar-refractivity contribution in [1.29, 1.82) is 0 Å². The predicted molar refractivity (Wildman–Crippen MR) is 62.8 cm³/mol. The van der Waals surface area contributed by atoms with Crippen LogP contribution in [0.5, 0.6) is 5.75 Å². The molecule has 0 radical (unpaired) electrons. The summed E-state index contributed by atoms with van der Waals surface area (Å²) in [6.45, 7) is 3.19. The van der Waals surface area contributed by atoms with Crippen LogP contribution in [-0.2, 0) is 0 Å². The van der Waals surface area contributed by atoms with Crippen molar-refractivity contribution in [1.82, 2.24) is 0 Å². The van der Waals surface area contributed by atoms with Gasteiger partial charge in [-0.05, 0) is 38.1 Å². The van der Waals surface area contributed by atoms with Crippen molar-refractivity contribution in [3.05, 3.63) is 24.3 Å². The van der Waals surface area contributed by atoms with E-state index in [1.807, 2.05) is 13.8 Å². The number of aliphatic hydroxyl groups excluding tert-OH is 1. The second kappa shape index (κ2) is 5.95. The molecular formula is C12H16F3NO2. The monoisotopic (exact) mass is 263 g/mol. The number of hydrogen-bond acceptors (Lipinski definition) is 3. The SMILES string of the molecule is CC(C)Oc1ccc(NCC(O)C(F)(F)F)cc1. The van der Waals surface area contributed by atoms with Crippen LogP contribution in [0.2, 0.25) is 0 Å². The van der Waals surface area contributed by atoms with Crippen molar-refractivity contribution in [3.63, 3.8) is 0 Å². The maximum Gasteiger partial charge on any atom is 0.416 e. The van der Waals surface area contributed by atoms with Crippen LogP contribution in [0.4, 0.5) is 18.9 Å². The molecule has 0 heterocycles. The van der Waals surface area contributed by atoms with Gasteiger partial charge in [0.05, 0.1) is 6.10 Å². The topological polar surface area (TPSA) is 41.5 Å². The largest absolute Gasteiger partial charge is 0.491 e. The third kappa shape index (κ3) is 4.83. The van der Waals surface area contributed by atoms with E-state index in [1.54, 1.807) is 24.3 Å². The molecule has 2 N–H and O–H groups in total. The molecule has 0 aliphatic rings. The van der Waals surface area contributed by atoms with Gasteiger partial charge >= 0.3 is 6.18 Å². The zero-order valence-electron chi connectivity index (χ0n) is 10.2. The van der Waals surface area contributed by atoms with Gasteiger partial charge in [-0.15, -0.1) is 0 Å². The van der Waals surface area contributed by atoms with E-state index in [2.05, 4.69) is 5.32 Å². The Labute approximate surface area is 104 Å². The van der Waals surface area contributed by atoms with Gasteiger partial charge in [0.25, 0.3) is 0 Å². The summed E-state index contributed by atoms with van der Waals surface area (Å²) in [5.74, 6) is 0.645. The van der Waals surface area contributed by atoms with Crippen molar-refractivity contribution >= 4 is 5.69 Å². The summed E-state index contributed by atoms with van der Waals surface area (Å²) in [4.78, 5) is 0. The maximum absolute atomic E-state index is 12.0. The van der Waals surface area contributed by atoms with Crippen molar-refractivity contribution < 1.29 is 23.0 Å². The first-order chi connectivity index (χ1) is 8.29. The van der Waals surface area contributed by atoms with Crippen molar-refractivity contribution in [3.8, 4) is 5.75 Å². The highest BCUT2D eigenvalue weighted by Crippen LogP contribution is 2.21. The van der Waals surface area contributed by atoms with Gasteiger partial charge in [-0.2, -0.15) is 13.2 Å². The lowest BCUT2D eigenvalue weighted by Crippen LogP contribution is -2.34. The highest BCUT2D eigenvalue weighted by atomic mass is 19.4. The molecule has 0 aromatic heterocycles. The summed E-state index contributed by atoms with van der Waals surface area (Å²) in [7, 11) is 0. The molecule has 1 unspecified atom stereocenters. The van der Waals surface area contributed by atoms with E-state index in [4.69, 9.17) is 9.84 Å². The minimum atomic E-state index is -4.60. The van der Waals surface area contributed by atoms with Crippen LogP contribution in [0.1, 0.15) is 13.8 Å². The number of hydrogen-bond donors (Lipinski definition) is 2. The number of alkyl halides is 3. The fourth-order valence-corrected chi connectivity index (χ4v) is 1.25. The van der Waals surface area contributed by atoms with E-state index < -0.39 is 18.8 Å². The fraction of sp³-hybridized carbons (Fsp3) is 0.500. The van der Waals surface area contributed by atoms with Crippen LogP contribution in [0, 0.1) is 0 Å². The second-order valence-corrected chi connectivity index (χ2v) is 4.13. The third-order valence-corrected chi connectivity index (χ3v) is 2.10. The van der Waals surface area contributed by atoms with Gasteiger partial charge in [-0.25, -0.2) is 0 Å². The number of nitrogens with one attached hydrogen (secondary N) is 1. The molecule has 0 saturated carbocycles. The fourth-order valence-electron chi connectivity index (χ4n) is 1.25. The Morgan fingerprint density at radius 1 is 1.22 bits per heavy atom. The molecule has 0 amide bonds. The Bertz CT molecular complexity index is 363. The molecule has 0 aliphatic carbocycles. The zero-order valence-corrected chi connectivity index (χ0v) is 10.2. The summed E-state index contributed by atoms with van der Waals surface area (Å²) < 4.78 is 41.5. The normalized spacial score (nSPS) is 13.5. The number of halogens is 3. The van der Waals surface area contributed by atoms with Crippen LogP contribution in [-0.4, -0.2) is 30.0 Å². The van der Waals surface area contributed by atoms with Crippen molar-refractivity contribution in [2.75, 3.05) is 11.9 Å². The Balaban J connectivity index is 2.49. The lowest BCUT2D eigenvalue weighted by Gasteiger charge is -2.16. The minimum absolute atomic E-state index is 0.0378. The van der Waals surface area contributed by atoms with Gasteiger partial charge in [0, 0.05) is 12.2 Å². The number of ether oxygens (including phenoxy) is 1. The summed E-state index contributed by atoms with van der Waals surface area (Å²) >= 11 is 0. The lowest BCUT2D eigenvalue weighted by molar-refractivity contribution is -0.198. The molecule has 1 aromatic carbocycles. The van der Waals surface area contributed by atoms with E-state index in [1.165, 1.54) is 0 Å². The maximum atomic E-state index is 12.0. The molecule has 0 saturated heterocycles. The van der Waals surface area contributed by atoms with Gasteiger partial charge in [0.2, 0.25) is 0 Å². The molecule has 1 aromatic rings. The van der Waals surface area contributed by atoms with Crippen LogP contribution in [0.3, 0.4) is 0 Å². The van der Waals surface area contributed by atoms with E-state index in [9.17, 15) is 13.2 Å². The quantitative estimate of drug-likeness (QED) is 0.858. The molecule has 6 heteroatoms. The first-order valence-corrected chi connectivity index (χ1v) is 5.54. The van der Waals surface area contributed by atoms with Gasteiger partial charge in [0.15, 0.2) is 6.10 Å². The number of anilines is 1. The van der Waals surface area contributed by atoms with Gasteiger partial charge in [0.1, 0.15) is 5.75 Å². The highest BCUT2D eigenvalue weighted by molar-refractivity contribution is 5.46. The van der Waals surface area contributed by atoms with Crippen LogP contribution >= 0.6 is 0 Å². The molecule has 0 bridgehead atoms. The molecule has 0 fully saturated rings. The lowest BCUT2D eigenvalue weighted by atomic mass is 10.2. The number of benzene rings is 1. The molecule has 3 nitrogen and oxygen atoms in total. The average molecular weight is 263 g/mol. The molecule has 1 atom stereocenters. The van der Waals surface area contributed by atoms with Gasteiger partial charge in [-0.3, -0.25) is 0 Å². The Morgan fingerprint density at radius 3 is 2.22 bits per heavy atom. The van der Waals surface area contributed by atoms with Crippen molar-refractivity contribution in [2.24, 2.45) is 0 Å². The first-order valence-electron chi connectivity index (χ1n) is 5.54. The third-order valence-electron chi connectivity index (χ3n) is 2.10. The average Bonchev–Trinajstić information content (AvgIpc) is 2.25. The van der Waals surface area contributed by atoms with Gasteiger partial charge in [-0.1, -0.05) is 0 Å². The van der Waals surface area contributed by atoms with Crippen LogP contribution in [0.25, 0.3) is 0 Å². The highest BCUT2D eigenvalue weighted by Gasteiger charge is 2.37. The number of aliphatic hydroxyl groups is 1. The van der Waals surface area contributed by atoms with Crippen LogP contribution in [0.15, 0.2) is 24.3 Å². The van der Waals surface area contributed by atoms with Crippen molar-refractivity contribution in [2.45, 2.75) is 32.2 Å². The Kier molecular flexibility index (Phi) is 4.84. The minimum Gasteiger partial charge on any atom is -0.491 e. The zero-order chi connectivity index (χ0) is 13.8.